The first-order chi connectivity index (χ1) is 9.00. The van der Waals surface area contributed by atoms with Gasteiger partial charge in [-0.3, -0.25) is 0 Å². The number of benzene rings is 1. The Hall–Kier alpha value is -1.23. The molecule has 5 heteroatoms. The van der Waals surface area contributed by atoms with Gasteiger partial charge in [-0.25, -0.2) is 0 Å². The van der Waals surface area contributed by atoms with Crippen molar-refractivity contribution in [3.05, 3.63) is 29.8 Å². The van der Waals surface area contributed by atoms with E-state index >= 15 is 0 Å². The van der Waals surface area contributed by atoms with E-state index in [1.807, 2.05) is 7.05 Å². The molecule has 0 saturated heterocycles. The molecule has 0 heterocycles. The maximum Gasteiger partial charge on any atom is 0.416 e. The van der Waals surface area contributed by atoms with Crippen LogP contribution in [0.4, 0.5) is 13.2 Å². The van der Waals surface area contributed by atoms with Crippen LogP contribution >= 0.6 is 0 Å². The topological polar surface area (TPSA) is 21.3 Å². The lowest BCUT2D eigenvalue weighted by atomic mass is 10.1. The molecule has 1 N–H and O–H groups in total. The maximum atomic E-state index is 12.6. The van der Waals surface area contributed by atoms with Gasteiger partial charge in [0.25, 0.3) is 0 Å². The molecule has 19 heavy (non-hydrogen) atoms. The second-order valence-electron chi connectivity index (χ2n) is 4.91. The maximum absolute atomic E-state index is 12.6. The van der Waals surface area contributed by atoms with Crippen LogP contribution in [0.25, 0.3) is 0 Å². The highest BCUT2D eigenvalue weighted by molar-refractivity contribution is 5.30. The minimum atomic E-state index is -4.32. The van der Waals surface area contributed by atoms with Crippen molar-refractivity contribution in [3.8, 4) is 5.75 Å². The van der Waals surface area contributed by atoms with Crippen molar-refractivity contribution in [2.75, 3.05) is 13.6 Å². The smallest absolute Gasteiger partial charge is 0.416 e. The highest BCUT2D eigenvalue weighted by Crippen LogP contribution is 2.37. The third-order valence-electron chi connectivity index (χ3n) is 3.28. The Bertz CT molecular complexity index is 415. The Morgan fingerprint density at radius 2 is 2.11 bits per heavy atom. The second kappa shape index (κ2) is 5.82. The lowest BCUT2D eigenvalue weighted by molar-refractivity contribution is -0.137. The van der Waals surface area contributed by atoms with Gasteiger partial charge in [0.15, 0.2) is 0 Å². The molecule has 0 aromatic heterocycles. The van der Waals surface area contributed by atoms with Crippen molar-refractivity contribution < 1.29 is 17.9 Å². The summed E-state index contributed by atoms with van der Waals surface area (Å²) in [6.07, 6.45) is -1.28. The van der Waals surface area contributed by atoms with Crippen LogP contribution in [0, 0.1) is 5.92 Å². The number of alkyl halides is 3. The molecule has 0 amide bonds. The third-order valence-corrected chi connectivity index (χ3v) is 3.28. The van der Waals surface area contributed by atoms with Crippen LogP contribution < -0.4 is 10.1 Å². The molecule has 106 valence electrons. The number of nitrogens with one attached hydrogen (secondary N) is 1. The van der Waals surface area contributed by atoms with Gasteiger partial charge in [0.05, 0.1) is 5.56 Å². The van der Waals surface area contributed by atoms with Crippen molar-refractivity contribution in [1.82, 2.24) is 5.32 Å². The molecule has 1 aliphatic rings. The van der Waals surface area contributed by atoms with Crippen molar-refractivity contribution in [1.29, 1.82) is 0 Å². The van der Waals surface area contributed by atoms with Crippen molar-refractivity contribution in [2.45, 2.75) is 31.5 Å². The van der Waals surface area contributed by atoms with E-state index in [1.54, 1.807) is 6.07 Å². The third kappa shape index (κ3) is 4.13. The predicted molar refractivity (Wildman–Crippen MR) is 67.1 cm³/mol. The van der Waals surface area contributed by atoms with Crippen LogP contribution in [-0.4, -0.2) is 19.7 Å². The van der Waals surface area contributed by atoms with Gasteiger partial charge in [-0.2, -0.15) is 13.2 Å². The lowest BCUT2D eigenvalue weighted by Crippen LogP contribution is -2.24. The Kier molecular flexibility index (Phi) is 4.34. The van der Waals surface area contributed by atoms with Gasteiger partial charge in [0.1, 0.15) is 11.9 Å². The molecule has 0 aliphatic heterocycles. The summed E-state index contributed by atoms with van der Waals surface area (Å²) in [4.78, 5) is 0. The zero-order chi connectivity index (χ0) is 13.9. The predicted octanol–water partition coefficient (Wildman–Crippen LogP) is 3.47. The van der Waals surface area contributed by atoms with Gasteiger partial charge in [0.2, 0.25) is 0 Å². The summed E-state index contributed by atoms with van der Waals surface area (Å²) >= 11 is 0. The molecule has 2 rings (SSSR count). The van der Waals surface area contributed by atoms with Gasteiger partial charge in [-0.1, -0.05) is 6.07 Å². The summed E-state index contributed by atoms with van der Waals surface area (Å²) in [5.41, 5.74) is -0.659. The lowest BCUT2D eigenvalue weighted by Gasteiger charge is -2.19. The number of rotatable bonds is 6. The number of hydrogen-bond donors (Lipinski definition) is 1. The molecule has 1 aromatic rings. The molecule has 1 aliphatic carbocycles. The van der Waals surface area contributed by atoms with Crippen LogP contribution in [0.1, 0.15) is 24.8 Å². The zero-order valence-corrected chi connectivity index (χ0v) is 10.8. The molecular weight excluding hydrogens is 255 g/mol. The van der Waals surface area contributed by atoms with Crippen molar-refractivity contribution in [2.24, 2.45) is 5.92 Å². The summed E-state index contributed by atoms with van der Waals surface area (Å²) in [6, 6.07) is 5.12. The van der Waals surface area contributed by atoms with Crippen molar-refractivity contribution in [3.63, 3.8) is 0 Å². The van der Waals surface area contributed by atoms with Crippen LogP contribution in [0.2, 0.25) is 0 Å². The van der Waals surface area contributed by atoms with E-state index in [2.05, 4.69) is 5.32 Å². The Labute approximate surface area is 111 Å². The molecule has 2 nitrogen and oxygen atoms in total. The minimum Gasteiger partial charge on any atom is -0.490 e. The van der Waals surface area contributed by atoms with Crippen LogP contribution in [0.3, 0.4) is 0 Å². The van der Waals surface area contributed by atoms with Gasteiger partial charge in [0, 0.05) is 0 Å². The first kappa shape index (κ1) is 14.2. The largest absolute Gasteiger partial charge is 0.490 e. The standard InChI is InChI=1S/C14H18F3NO/c1-18-8-7-13(10-5-6-10)19-12-4-2-3-11(9-12)14(15,16)17/h2-4,9-10,13,18H,5-8H2,1H3. The van der Waals surface area contributed by atoms with E-state index in [9.17, 15) is 13.2 Å². The molecule has 1 atom stereocenters. The average molecular weight is 273 g/mol. The van der Waals surface area contributed by atoms with E-state index in [-0.39, 0.29) is 6.10 Å². The normalized spacial score (nSPS) is 17.3. The molecule has 0 spiro atoms. The molecule has 1 saturated carbocycles. The minimum absolute atomic E-state index is 0.0101. The second-order valence-corrected chi connectivity index (χ2v) is 4.91. The van der Waals surface area contributed by atoms with Gasteiger partial charge >= 0.3 is 6.18 Å². The van der Waals surface area contributed by atoms with E-state index in [0.29, 0.717) is 11.7 Å². The summed E-state index contributed by atoms with van der Waals surface area (Å²) in [6.45, 7) is 0.806. The molecule has 1 aromatic carbocycles. The Morgan fingerprint density at radius 3 is 2.68 bits per heavy atom. The molecule has 0 bridgehead atoms. The van der Waals surface area contributed by atoms with E-state index < -0.39 is 11.7 Å². The summed E-state index contributed by atoms with van der Waals surface area (Å²) in [7, 11) is 1.86. The van der Waals surface area contributed by atoms with Gasteiger partial charge in [-0.05, 0) is 57.0 Å². The van der Waals surface area contributed by atoms with Gasteiger partial charge < -0.3 is 10.1 Å². The SMILES string of the molecule is CNCCC(Oc1cccc(C(F)(F)F)c1)C1CC1. The van der Waals surface area contributed by atoms with E-state index in [1.165, 1.54) is 6.07 Å². The molecule has 1 fully saturated rings. The summed E-state index contributed by atoms with van der Waals surface area (Å²) < 4.78 is 43.6. The summed E-state index contributed by atoms with van der Waals surface area (Å²) in [5.74, 6) is 0.797. The van der Waals surface area contributed by atoms with Crippen LogP contribution in [-0.2, 0) is 6.18 Å². The summed E-state index contributed by atoms with van der Waals surface area (Å²) in [5, 5.41) is 3.04. The highest BCUT2D eigenvalue weighted by atomic mass is 19.4. The monoisotopic (exact) mass is 273 g/mol. The van der Waals surface area contributed by atoms with E-state index in [0.717, 1.165) is 37.9 Å². The molecular formula is C14H18F3NO. The first-order valence-electron chi connectivity index (χ1n) is 6.49. The van der Waals surface area contributed by atoms with Gasteiger partial charge in [-0.15, -0.1) is 0 Å². The fourth-order valence-electron chi connectivity index (χ4n) is 2.07. The first-order valence-corrected chi connectivity index (χ1v) is 6.49. The number of halogens is 3. The number of hydrogen-bond acceptors (Lipinski definition) is 2. The van der Waals surface area contributed by atoms with Crippen molar-refractivity contribution >= 4 is 0 Å². The Morgan fingerprint density at radius 1 is 1.37 bits per heavy atom. The Balaban J connectivity index is 2.04. The zero-order valence-electron chi connectivity index (χ0n) is 10.8. The van der Waals surface area contributed by atoms with E-state index in [4.69, 9.17) is 4.74 Å². The molecule has 0 radical (unpaired) electrons. The number of ether oxygens (including phenoxy) is 1. The fourth-order valence-corrected chi connectivity index (χ4v) is 2.07. The quantitative estimate of drug-likeness (QED) is 0.857. The van der Waals surface area contributed by atoms with Crippen LogP contribution in [0.15, 0.2) is 24.3 Å². The fraction of sp³-hybridized carbons (Fsp3) is 0.571. The molecule has 1 unspecified atom stereocenters. The average Bonchev–Trinajstić information content (AvgIpc) is 3.18. The highest BCUT2D eigenvalue weighted by Gasteiger charge is 2.34. The van der Waals surface area contributed by atoms with Crippen LogP contribution in [0.5, 0.6) is 5.75 Å².